The number of nitrogens with zero attached hydrogens (tertiary/aromatic N) is 1. The molecule has 2 unspecified atom stereocenters. The van der Waals surface area contributed by atoms with Gasteiger partial charge in [-0.05, 0) is 29.7 Å². The van der Waals surface area contributed by atoms with Crippen molar-refractivity contribution >= 4 is 23.6 Å². The van der Waals surface area contributed by atoms with Gasteiger partial charge in [-0.1, -0.05) is 49.4 Å². The third kappa shape index (κ3) is 4.93. The summed E-state index contributed by atoms with van der Waals surface area (Å²) in [5, 5.41) is 5.58. The first-order valence-corrected chi connectivity index (χ1v) is 9.66. The van der Waals surface area contributed by atoms with Crippen LogP contribution < -0.4 is 10.6 Å². The van der Waals surface area contributed by atoms with Crippen LogP contribution >= 0.6 is 0 Å². The Balaban J connectivity index is 1.87. The Bertz CT molecular complexity index is 867. The number of rotatable bonds is 7. The minimum Gasteiger partial charge on any atom is -0.438 e. The molecule has 1 aliphatic heterocycles. The number of benzene rings is 2. The van der Waals surface area contributed by atoms with Gasteiger partial charge >= 0.3 is 6.09 Å². The van der Waals surface area contributed by atoms with Crippen LogP contribution in [0.4, 0.5) is 10.5 Å². The van der Waals surface area contributed by atoms with Crippen molar-refractivity contribution in [3.63, 3.8) is 0 Å². The highest BCUT2D eigenvalue weighted by Gasteiger charge is 2.46. The van der Waals surface area contributed by atoms with E-state index in [0.29, 0.717) is 17.8 Å². The molecule has 1 fully saturated rings. The van der Waals surface area contributed by atoms with Crippen LogP contribution in [0, 0.1) is 0 Å². The number of nitrogens with one attached hydrogen (secondary N) is 2. The summed E-state index contributed by atoms with van der Waals surface area (Å²) >= 11 is 0. The quantitative estimate of drug-likeness (QED) is 0.753. The van der Waals surface area contributed by atoms with E-state index in [-0.39, 0.29) is 18.4 Å². The highest BCUT2D eigenvalue weighted by molar-refractivity contribution is 5.90. The van der Waals surface area contributed by atoms with E-state index in [9.17, 15) is 14.4 Å². The van der Waals surface area contributed by atoms with Gasteiger partial charge < -0.3 is 15.4 Å². The molecule has 7 heteroatoms. The zero-order chi connectivity index (χ0) is 20.8. The van der Waals surface area contributed by atoms with Gasteiger partial charge in [0.1, 0.15) is 0 Å². The predicted octanol–water partition coefficient (Wildman–Crippen LogP) is 3.23. The van der Waals surface area contributed by atoms with Crippen LogP contribution in [-0.4, -0.2) is 35.4 Å². The molecule has 2 aromatic carbocycles. The predicted molar refractivity (Wildman–Crippen MR) is 109 cm³/mol. The van der Waals surface area contributed by atoms with Crippen LogP contribution in [0.15, 0.2) is 54.6 Å². The molecule has 1 heterocycles. The minimum atomic E-state index is -0.777. The monoisotopic (exact) mass is 395 g/mol. The summed E-state index contributed by atoms with van der Waals surface area (Å²) < 4.78 is 5.61. The van der Waals surface area contributed by atoms with Crippen LogP contribution in [0.1, 0.15) is 37.5 Å². The van der Waals surface area contributed by atoms with E-state index in [1.807, 2.05) is 37.3 Å². The summed E-state index contributed by atoms with van der Waals surface area (Å²) in [5.74, 6) is -0.416. The van der Waals surface area contributed by atoms with Gasteiger partial charge in [0.05, 0.1) is 6.54 Å². The Morgan fingerprint density at radius 1 is 1.07 bits per heavy atom. The lowest BCUT2D eigenvalue weighted by molar-refractivity contribution is -0.126. The van der Waals surface area contributed by atoms with Crippen molar-refractivity contribution in [2.45, 2.75) is 39.0 Å². The summed E-state index contributed by atoms with van der Waals surface area (Å²) in [6, 6.07) is 15.7. The van der Waals surface area contributed by atoms with Crippen LogP contribution in [0.2, 0.25) is 0 Å². The first-order valence-electron chi connectivity index (χ1n) is 9.66. The SMILES string of the molecule is CCCNC(=O)C1C(c2ccc(NC(C)=O)cc2)OC(=O)N1Cc1ccccc1. The second-order valence-electron chi connectivity index (χ2n) is 6.96. The van der Waals surface area contributed by atoms with Crippen molar-refractivity contribution in [1.29, 1.82) is 0 Å². The Morgan fingerprint density at radius 2 is 1.76 bits per heavy atom. The van der Waals surface area contributed by atoms with E-state index in [2.05, 4.69) is 10.6 Å². The lowest BCUT2D eigenvalue weighted by Crippen LogP contribution is -2.46. The fraction of sp³-hybridized carbons (Fsp3) is 0.318. The molecule has 2 aromatic rings. The average molecular weight is 395 g/mol. The van der Waals surface area contributed by atoms with Gasteiger partial charge in [-0.3, -0.25) is 14.5 Å². The third-order valence-corrected chi connectivity index (χ3v) is 4.66. The second kappa shape index (κ2) is 9.23. The molecular formula is C22H25N3O4. The zero-order valence-corrected chi connectivity index (χ0v) is 16.6. The largest absolute Gasteiger partial charge is 0.438 e. The molecule has 0 radical (unpaired) electrons. The Morgan fingerprint density at radius 3 is 2.38 bits per heavy atom. The molecule has 0 aliphatic carbocycles. The molecule has 1 saturated heterocycles. The third-order valence-electron chi connectivity index (χ3n) is 4.66. The van der Waals surface area contributed by atoms with Crippen molar-refractivity contribution in [1.82, 2.24) is 10.2 Å². The molecule has 2 atom stereocenters. The van der Waals surface area contributed by atoms with Crippen molar-refractivity contribution in [3.05, 3.63) is 65.7 Å². The summed E-state index contributed by atoms with van der Waals surface area (Å²) in [4.78, 5) is 38.2. The van der Waals surface area contributed by atoms with Gasteiger partial charge in [-0.15, -0.1) is 0 Å². The normalized spacial score (nSPS) is 18.3. The molecule has 0 aromatic heterocycles. The number of anilines is 1. The lowest BCUT2D eigenvalue weighted by atomic mass is 10.00. The van der Waals surface area contributed by atoms with E-state index >= 15 is 0 Å². The zero-order valence-electron chi connectivity index (χ0n) is 16.6. The minimum absolute atomic E-state index is 0.170. The Labute approximate surface area is 170 Å². The highest BCUT2D eigenvalue weighted by atomic mass is 16.6. The number of carbonyl (C=O) groups excluding carboxylic acids is 3. The molecule has 0 spiro atoms. The van der Waals surface area contributed by atoms with E-state index in [1.54, 1.807) is 24.3 Å². The first-order chi connectivity index (χ1) is 14.0. The molecule has 1 aliphatic rings. The average Bonchev–Trinajstić information content (AvgIpc) is 3.03. The Kier molecular flexibility index (Phi) is 6.49. The van der Waals surface area contributed by atoms with Gasteiger partial charge in [0.25, 0.3) is 0 Å². The summed E-state index contributed by atoms with van der Waals surface area (Å²) in [6.45, 7) is 4.21. The van der Waals surface area contributed by atoms with Crippen LogP contribution in [0.5, 0.6) is 0 Å². The van der Waals surface area contributed by atoms with Gasteiger partial charge in [-0.25, -0.2) is 4.79 Å². The highest BCUT2D eigenvalue weighted by Crippen LogP contribution is 2.34. The maximum atomic E-state index is 12.9. The standard InChI is InChI=1S/C22H25N3O4/c1-3-13-23-21(27)19-20(17-9-11-18(12-10-17)24-15(2)26)29-22(28)25(19)14-16-7-5-4-6-8-16/h4-12,19-20H,3,13-14H2,1-2H3,(H,23,27)(H,24,26). The fourth-order valence-corrected chi connectivity index (χ4v) is 3.30. The van der Waals surface area contributed by atoms with E-state index in [1.165, 1.54) is 11.8 Å². The van der Waals surface area contributed by atoms with Crippen LogP contribution in [0.25, 0.3) is 0 Å². The molecule has 0 bridgehead atoms. The topological polar surface area (TPSA) is 87.7 Å². The molecule has 2 N–H and O–H groups in total. The van der Waals surface area contributed by atoms with Gasteiger partial charge in [0.15, 0.2) is 12.1 Å². The summed E-state index contributed by atoms with van der Waals surface area (Å²) in [7, 11) is 0. The molecular weight excluding hydrogens is 370 g/mol. The molecule has 3 amide bonds. The van der Waals surface area contributed by atoms with Crippen LogP contribution in [-0.2, 0) is 20.9 Å². The lowest BCUT2D eigenvalue weighted by Gasteiger charge is -2.24. The number of hydrogen-bond acceptors (Lipinski definition) is 4. The van der Waals surface area contributed by atoms with E-state index in [4.69, 9.17) is 4.74 Å². The number of hydrogen-bond donors (Lipinski definition) is 2. The molecule has 3 rings (SSSR count). The maximum Gasteiger partial charge on any atom is 0.411 e. The second-order valence-corrected chi connectivity index (χ2v) is 6.96. The van der Waals surface area contributed by atoms with E-state index < -0.39 is 18.2 Å². The number of cyclic esters (lactones) is 1. The fourth-order valence-electron chi connectivity index (χ4n) is 3.30. The van der Waals surface area contributed by atoms with E-state index in [0.717, 1.165) is 12.0 Å². The first kappa shape index (κ1) is 20.4. The van der Waals surface area contributed by atoms with Gasteiger partial charge in [0, 0.05) is 19.2 Å². The molecule has 29 heavy (non-hydrogen) atoms. The molecule has 0 saturated carbocycles. The van der Waals surface area contributed by atoms with Gasteiger partial charge in [-0.2, -0.15) is 0 Å². The maximum absolute atomic E-state index is 12.9. The molecule has 152 valence electrons. The number of ether oxygens (including phenoxy) is 1. The van der Waals surface area contributed by atoms with Crippen molar-refractivity contribution in [3.8, 4) is 0 Å². The Hall–Kier alpha value is -3.35. The van der Waals surface area contributed by atoms with Crippen molar-refractivity contribution < 1.29 is 19.1 Å². The van der Waals surface area contributed by atoms with Gasteiger partial charge in [0.2, 0.25) is 11.8 Å². The van der Waals surface area contributed by atoms with Crippen LogP contribution in [0.3, 0.4) is 0 Å². The summed E-state index contributed by atoms with van der Waals surface area (Å²) in [6.07, 6.45) is -0.460. The number of amides is 3. The van der Waals surface area contributed by atoms with Crippen molar-refractivity contribution in [2.75, 3.05) is 11.9 Å². The summed E-state index contributed by atoms with van der Waals surface area (Å²) in [5.41, 5.74) is 2.25. The molecule has 7 nitrogen and oxygen atoms in total. The van der Waals surface area contributed by atoms with Crippen molar-refractivity contribution in [2.24, 2.45) is 0 Å². The smallest absolute Gasteiger partial charge is 0.411 e. The number of carbonyl (C=O) groups is 3.